The fraction of sp³-hybridized carbons (Fsp3) is 0.326. The number of imide groups is 2. The molecule has 1 saturated heterocycles. The van der Waals surface area contributed by atoms with Gasteiger partial charge in [0.25, 0.3) is 37.6 Å². The van der Waals surface area contributed by atoms with E-state index in [2.05, 4.69) is 16.0 Å². The molecule has 0 radical (unpaired) electrons. The standard InChI is InChI=1S/C43H45F3N6O9S3/c1-51(24-10-4-9-23-47-34-17-11-16-32-38(34)42(57)52(41(32)56)35-20-21-37(53)49-40(35)55)25-22-29(27-62-30-14-7-3-8-15-30)48-33-19-18-31(26-36(33)63(58,59)43(44,45)46)64(60,61)50-39(54)28-12-5-2-6-13-28/h2-3,5-8,11-19,26,29,35,47-48H,4,9-10,20-25,27H2,1H3,(H,50,54)(H,49,53,55)/t29-,35?/m1/s1. The predicted molar refractivity (Wildman–Crippen MR) is 233 cm³/mol. The Labute approximate surface area is 372 Å². The van der Waals surface area contributed by atoms with E-state index in [0.717, 1.165) is 34.8 Å². The summed E-state index contributed by atoms with van der Waals surface area (Å²) in [5, 5.41) is 8.35. The molecule has 0 saturated carbocycles. The number of carbonyl (C=O) groups excluding carboxylic acids is 5. The Morgan fingerprint density at radius 2 is 1.56 bits per heavy atom. The molecule has 0 bridgehead atoms. The predicted octanol–water partition coefficient (Wildman–Crippen LogP) is 5.68. The van der Waals surface area contributed by atoms with E-state index in [1.54, 1.807) is 22.9 Å². The van der Waals surface area contributed by atoms with Gasteiger partial charge < -0.3 is 15.5 Å². The van der Waals surface area contributed by atoms with Gasteiger partial charge in [0.05, 0.1) is 21.7 Å². The summed E-state index contributed by atoms with van der Waals surface area (Å²) >= 11 is 1.40. The number of hydrogen-bond donors (Lipinski definition) is 4. The number of thioether (sulfide) groups is 1. The van der Waals surface area contributed by atoms with Crippen LogP contribution >= 0.6 is 11.8 Å². The second kappa shape index (κ2) is 20.4. The average molecular weight is 943 g/mol. The van der Waals surface area contributed by atoms with Gasteiger partial charge >= 0.3 is 5.51 Å². The maximum absolute atomic E-state index is 14.1. The number of sulfonamides is 1. The minimum atomic E-state index is -6.09. The molecule has 2 heterocycles. The number of benzene rings is 4. The maximum atomic E-state index is 14.1. The first-order valence-electron chi connectivity index (χ1n) is 20.2. The highest BCUT2D eigenvalue weighted by Gasteiger charge is 2.49. The van der Waals surface area contributed by atoms with Gasteiger partial charge in [-0.3, -0.25) is 34.2 Å². The Bertz CT molecular complexity index is 2620. The third kappa shape index (κ3) is 11.3. The molecular weight excluding hydrogens is 898 g/mol. The molecular formula is C43H45F3N6O9S3. The van der Waals surface area contributed by atoms with Gasteiger partial charge in [0, 0.05) is 40.9 Å². The molecule has 2 aliphatic rings. The van der Waals surface area contributed by atoms with Crippen molar-refractivity contribution in [2.75, 3.05) is 43.1 Å². The summed E-state index contributed by atoms with van der Waals surface area (Å²) in [6, 6.07) is 21.8. The molecule has 4 N–H and O–H groups in total. The molecule has 1 unspecified atom stereocenters. The van der Waals surface area contributed by atoms with E-state index in [4.69, 9.17) is 0 Å². The van der Waals surface area contributed by atoms with Crippen molar-refractivity contribution in [2.45, 2.75) is 70.8 Å². The molecule has 0 spiro atoms. The molecule has 0 aliphatic carbocycles. The van der Waals surface area contributed by atoms with Gasteiger partial charge in [-0.2, -0.15) is 13.2 Å². The van der Waals surface area contributed by atoms with Crippen LogP contribution in [0, 0.1) is 0 Å². The number of sulfone groups is 1. The van der Waals surface area contributed by atoms with E-state index in [1.807, 2.05) is 42.3 Å². The molecule has 340 valence electrons. The fourth-order valence-electron chi connectivity index (χ4n) is 7.15. The van der Waals surface area contributed by atoms with Gasteiger partial charge in [0.2, 0.25) is 11.8 Å². The normalized spacial score (nSPS) is 16.1. The first-order valence-corrected chi connectivity index (χ1v) is 24.1. The van der Waals surface area contributed by atoms with Gasteiger partial charge in [-0.15, -0.1) is 11.8 Å². The topological polar surface area (TPSA) is 208 Å². The fourth-order valence-corrected chi connectivity index (χ4v) is 10.2. The first-order chi connectivity index (χ1) is 30.4. The Kier molecular flexibility index (Phi) is 15.2. The zero-order valence-corrected chi connectivity index (χ0v) is 36.8. The Balaban J connectivity index is 1.07. The van der Waals surface area contributed by atoms with Crippen LogP contribution in [0.2, 0.25) is 0 Å². The van der Waals surface area contributed by atoms with Crippen LogP contribution in [0.25, 0.3) is 0 Å². The lowest BCUT2D eigenvalue weighted by Gasteiger charge is -2.27. The van der Waals surface area contributed by atoms with Gasteiger partial charge in [-0.1, -0.05) is 48.9 Å². The number of anilines is 2. The second-order valence-corrected chi connectivity index (χ2v) is 19.8. The number of nitrogens with zero attached hydrogens (tertiary/aromatic N) is 2. The van der Waals surface area contributed by atoms with Crippen molar-refractivity contribution in [1.29, 1.82) is 0 Å². The van der Waals surface area contributed by atoms with Gasteiger partial charge in [0.1, 0.15) is 10.9 Å². The van der Waals surface area contributed by atoms with Gasteiger partial charge in [-0.25, -0.2) is 21.6 Å². The third-order valence-electron chi connectivity index (χ3n) is 10.5. The molecule has 1 fully saturated rings. The third-order valence-corrected chi connectivity index (χ3v) is 14.6. The number of halogens is 3. The number of nitrogens with one attached hydrogen (secondary N) is 4. The maximum Gasteiger partial charge on any atom is 0.501 e. The molecule has 5 amide bonds. The number of fused-ring (bicyclic) bond motifs is 1. The second-order valence-electron chi connectivity index (χ2n) is 15.1. The largest absolute Gasteiger partial charge is 0.501 e. The Hall–Kier alpha value is -5.77. The minimum absolute atomic E-state index is 0.0119. The molecule has 2 atom stereocenters. The SMILES string of the molecule is CN(CCCCCNc1cccc2c1C(=O)N(C1CCC(=O)NC1=O)C2=O)CC[C@H](CSc1ccccc1)Nc1ccc(S(=O)(=O)NC(=O)c2ccccc2)cc1S(=O)(=O)C(F)(F)F. The zero-order chi connectivity index (χ0) is 46.2. The van der Waals surface area contributed by atoms with Gasteiger partial charge in [0.15, 0.2) is 0 Å². The highest BCUT2D eigenvalue weighted by Crippen LogP contribution is 2.37. The number of alkyl halides is 3. The van der Waals surface area contributed by atoms with Crippen LogP contribution < -0.4 is 20.7 Å². The molecule has 6 rings (SSSR count). The summed E-state index contributed by atoms with van der Waals surface area (Å²) in [4.78, 5) is 64.9. The molecule has 4 aromatic carbocycles. The van der Waals surface area contributed by atoms with Crippen LogP contribution in [0.5, 0.6) is 0 Å². The Morgan fingerprint density at radius 3 is 2.25 bits per heavy atom. The first kappa shape index (κ1) is 47.7. The molecule has 4 aromatic rings. The lowest BCUT2D eigenvalue weighted by Crippen LogP contribution is -2.54. The van der Waals surface area contributed by atoms with E-state index in [9.17, 15) is 54.0 Å². The monoisotopic (exact) mass is 942 g/mol. The number of amides is 5. The number of piperidine rings is 1. The highest BCUT2D eigenvalue weighted by atomic mass is 32.2. The van der Waals surface area contributed by atoms with Crippen LogP contribution in [0.3, 0.4) is 0 Å². The van der Waals surface area contributed by atoms with E-state index in [0.29, 0.717) is 50.0 Å². The van der Waals surface area contributed by atoms with Gasteiger partial charge in [-0.05, 0) is 100 Å². The van der Waals surface area contributed by atoms with E-state index in [1.165, 1.54) is 42.1 Å². The molecule has 64 heavy (non-hydrogen) atoms. The summed E-state index contributed by atoms with van der Waals surface area (Å²) in [5.41, 5.74) is -5.49. The molecule has 15 nitrogen and oxygen atoms in total. The van der Waals surface area contributed by atoms with E-state index < -0.39 is 82.5 Å². The van der Waals surface area contributed by atoms with Crippen molar-refractivity contribution in [3.05, 3.63) is 114 Å². The zero-order valence-electron chi connectivity index (χ0n) is 34.4. The summed E-state index contributed by atoms with van der Waals surface area (Å²) in [6.45, 7) is 1.54. The smallest absolute Gasteiger partial charge is 0.384 e. The van der Waals surface area contributed by atoms with Crippen LogP contribution in [-0.2, 0) is 29.4 Å². The van der Waals surface area contributed by atoms with Crippen molar-refractivity contribution in [3.8, 4) is 0 Å². The molecule has 2 aliphatic heterocycles. The van der Waals surface area contributed by atoms with Crippen LogP contribution in [0.1, 0.15) is 69.6 Å². The minimum Gasteiger partial charge on any atom is -0.384 e. The quantitative estimate of drug-likeness (QED) is 0.0479. The average Bonchev–Trinajstić information content (AvgIpc) is 3.51. The van der Waals surface area contributed by atoms with E-state index >= 15 is 0 Å². The summed E-state index contributed by atoms with van der Waals surface area (Å²) in [6.07, 6.45) is 2.59. The van der Waals surface area contributed by atoms with Crippen LogP contribution in [0.15, 0.2) is 112 Å². The molecule has 0 aromatic heterocycles. The lowest BCUT2D eigenvalue weighted by atomic mass is 10.0. The van der Waals surface area contributed by atoms with Crippen molar-refractivity contribution in [2.24, 2.45) is 0 Å². The lowest BCUT2D eigenvalue weighted by molar-refractivity contribution is -0.136. The summed E-state index contributed by atoms with van der Waals surface area (Å²) < 4.78 is 96.3. The number of rotatable bonds is 20. The van der Waals surface area contributed by atoms with Crippen molar-refractivity contribution in [3.63, 3.8) is 0 Å². The number of hydrogen-bond acceptors (Lipinski definition) is 13. The van der Waals surface area contributed by atoms with Crippen LogP contribution in [-0.4, -0.2) is 106 Å². The summed E-state index contributed by atoms with van der Waals surface area (Å²) in [5.74, 6) is -3.13. The molecule has 21 heteroatoms. The summed E-state index contributed by atoms with van der Waals surface area (Å²) in [7, 11) is -9.04. The Morgan fingerprint density at radius 1 is 0.859 bits per heavy atom. The van der Waals surface area contributed by atoms with E-state index in [-0.39, 0.29) is 29.5 Å². The van der Waals surface area contributed by atoms with Crippen molar-refractivity contribution < 1.29 is 54.0 Å². The van der Waals surface area contributed by atoms with Crippen molar-refractivity contribution in [1.82, 2.24) is 19.8 Å². The van der Waals surface area contributed by atoms with Crippen LogP contribution in [0.4, 0.5) is 24.5 Å². The van der Waals surface area contributed by atoms with Crippen molar-refractivity contribution >= 4 is 72.5 Å². The number of unbranched alkanes of at least 4 members (excludes halogenated alkanes) is 2. The highest BCUT2D eigenvalue weighted by molar-refractivity contribution is 7.99. The number of carbonyl (C=O) groups is 5.